The highest BCUT2D eigenvalue weighted by Gasteiger charge is 2.24. The van der Waals surface area contributed by atoms with Gasteiger partial charge in [-0.25, -0.2) is 4.79 Å². The number of ether oxygens (including phenoxy) is 3. The van der Waals surface area contributed by atoms with Gasteiger partial charge in [0.2, 0.25) is 6.73 Å². The first-order chi connectivity index (χ1) is 13.2. The van der Waals surface area contributed by atoms with Gasteiger partial charge in [0.05, 0.1) is 34.4 Å². The van der Waals surface area contributed by atoms with E-state index in [1.165, 1.54) is 0 Å². The third-order valence-corrected chi connectivity index (χ3v) is 3.55. The molecule has 1 atom stereocenters. The molecule has 0 aliphatic heterocycles. The van der Waals surface area contributed by atoms with E-state index >= 15 is 0 Å². The van der Waals surface area contributed by atoms with Crippen LogP contribution in [0.4, 0.5) is 0 Å². The Morgan fingerprint density at radius 2 is 1.35 bits per heavy atom. The molecule has 0 saturated carbocycles. The molecule has 0 radical (unpaired) electrons. The van der Waals surface area contributed by atoms with Crippen molar-refractivity contribution in [2.45, 2.75) is 77.3 Å². The molecule has 34 heavy (non-hydrogen) atoms. The van der Waals surface area contributed by atoms with E-state index in [-0.39, 0.29) is 70.6 Å². The van der Waals surface area contributed by atoms with Crippen molar-refractivity contribution in [1.82, 2.24) is 5.32 Å². The molecule has 0 heterocycles. The van der Waals surface area contributed by atoms with Crippen LogP contribution in [0.25, 0.3) is 0 Å². The Bertz CT molecular complexity index is 654. The molecule has 1 aromatic rings. The molecule has 1 amide bonds. The molecule has 1 N–H and O–H groups in total. The number of nitrogens with one attached hydrogen (secondary N) is 1. The fraction of sp³-hybridized carbons (Fsp3) is 0.654. The Hall–Kier alpha value is -2.61. The average molecular weight is 492 g/mol. The number of nitrogens with zero attached hydrogens (tertiary/aromatic N) is 1. The van der Waals surface area contributed by atoms with Gasteiger partial charge in [0.15, 0.2) is 0 Å². The number of rotatable bonds is 11. The summed E-state index contributed by atoms with van der Waals surface area (Å²) in [5.41, 5.74) is 0.378. The van der Waals surface area contributed by atoms with Crippen LogP contribution in [0.2, 0.25) is 0 Å². The van der Waals surface area contributed by atoms with Crippen molar-refractivity contribution in [2.24, 2.45) is 0 Å². The topological polar surface area (TPSA) is 90.9 Å². The van der Waals surface area contributed by atoms with Gasteiger partial charge in [-0.2, -0.15) is 0 Å². The van der Waals surface area contributed by atoms with E-state index in [0.717, 1.165) is 0 Å². The van der Waals surface area contributed by atoms with Crippen molar-refractivity contribution in [1.29, 1.82) is 0 Å². The van der Waals surface area contributed by atoms with Gasteiger partial charge in [0.1, 0.15) is 11.8 Å². The van der Waals surface area contributed by atoms with Crippen molar-refractivity contribution in [2.75, 3.05) is 41.1 Å². The summed E-state index contributed by atoms with van der Waals surface area (Å²) in [5, 5.41) is 2.63. The summed E-state index contributed by atoms with van der Waals surface area (Å²) in [6.07, 6.45) is 0.115. The summed E-state index contributed by atoms with van der Waals surface area (Å²) in [4.78, 5) is 36.1. The second-order valence-electron chi connectivity index (χ2n) is 7.21. The lowest BCUT2D eigenvalue weighted by atomic mass is 10.1. The molecule has 8 nitrogen and oxygen atoms in total. The number of quaternary nitrogens is 1. The van der Waals surface area contributed by atoms with Crippen LogP contribution < -0.4 is 10.1 Å². The van der Waals surface area contributed by atoms with Gasteiger partial charge in [0, 0.05) is 12.0 Å². The van der Waals surface area contributed by atoms with Gasteiger partial charge in [-0.1, -0.05) is 44.6 Å². The zero-order chi connectivity index (χ0) is 21.2. The highest BCUT2D eigenvalue weighted by atomic mass is 16.5. The molecule has 1 aromatic carbocycles. The minimum atomic E-state index is -0.925. The third kappa shape index (κ3) is 17.9. The van der Waals surface area contributed by atoms with E-state index in [9.17, 15) is 14.4 Å². The predicted octanol–water partition coefficient (Wildman–Crippen LogP) is 5.55. The van der Waals surface area contributed by atoms with E-state index in [1.54, 1.807) is 38.1 Å². The normalized spacial score (nSPS) is 9.91. The Morgan fingerprint density at radius 1 is 0.853 bits per heavy atom. The summed E-state index contributed by atoms with van der Waals surface area (Å²) in [6, 6.07) is 5.71. The standard InChI is InChI=1S/C20H30N2O6.6CH4/c1-6-26-18(23)13-12-17(20(25)27-7-2)21-19(24)15-8-10-16(11-9-15)28-14-22(3,4)5;;;;;;/h8-11,17H,6-7,12-14H2,1-5H3;6*1H4/p+1. The first-order valence-electron chi connectivity index (χ1n) is 9.32. The van der Waals surface area contributed by atoms with Crippen molar-refractivity contribution < 1.29 is 33.1 Å². The number of amides is 1. The second kappa shape index (κ2) is 22.2. The summed E-state index contributed by atoms with van der Waals surface area (Å²) in [6.45, 7) is 4.32. The first kappa shape index (κ1) is 45.0. The summed E-state index contributed by atoms with van der Waals surface area (Å²) in [7, 11) is 6.02. The Morgan fingerprint density at radius 3 is 1.79 bits per heavy atom. The molecule has 0 spiro atoms. The van der Waals surface area contributed by atoms with E-state index < -0.39 is 23.9 Å². The fourth-order valence-corrected chi connectivity index (χ4v) is 2.20. The summed E-state index contributed by atoms with van der Waals surface area (Å²) >= 11 is 0. The van der Waals surface area contributed by atoms with E-state index in [2.05, 4.69) is 5.32 Å². The molecule has 0 aromatic heterocycles. The van der Waals surface area contributed by atoms with Gasteiger partial charge in [-0.05, 0) is 44.5 Å². The van der Waals surface area contributed by atoms with E-state index in [0.29, 0.717) is 22.5 Å². The van der Waals surface area contributed by atoms with Crippen molar-refractivity contribution in [3.8, 4) is 5.75 Å². The number of esters is 2. The lowest BCUT2D eigenvalue weighted by Crippen LogP contribution is -2.42. The zero-order valence-electron chi connectivity index (χ0n) is 17.3. The van der Waals surface area contributed by atoms with Crippen LogP contribution in [0.5, 0.6) is 5.75 Å². The molecule has 0 aliphatic carbocycles. The highest BCUT2D eigenvalue weighted by Crippen LogP contribution is 2.14. The van der Waals surface area contributed by atoms with Crippen molar-refractivity contribution in [3.63, 3.8) is 0 Å². The van der Waals surface area contributed by atoms with Gasteiger partial charge in [0.25, 0.3) is 5.91 Å². The second-order valence-corrected chi connectivity index (χ2v) is 7.21. The molecule has 1 unspecified atom stereocenters. The lowest BCUT2D eigenvalue weighted by Gasteiger charge is -2.23. The van der Waals surface area contributed by atoms with E-state index in [1.807, 2.05) is 21.1 Å². The van der Waals surface area contributed by atoms with Crippen LogP contribution in [0, 0.1) is 0 Å². The Kier molecular flexibility index (Phi) is 29.4. The first-order valence-corrected chi connectivity index (χ1v) is 9.32. The van der Waals surface area contributed by atoms with Crippen LogP contribution in [0.1, 0.15) is 81.6 Å². The Balaban J connectivity index is -0.000000327. The smallest absolute Gasteiger partial charge is 0.328 e. The molecule has 0 aliphatic rings. The molecule has 0 saturated heterocycles. The van der Waals surface area contributed by atoms with Crippen LogP contribution in [0.15, 0.2) is 24.3 Å². The monoisotopic (exact) mass is 491 g/mol. The number of carbonyl (C=O) groups excluding carboxylic acids is 3. The summed E-state index contributed by atoms with van der Waals surface area (Å²) in [5.74, 6) is -0.790. The molecule has 1 rings (SSSR count). The molecular formula is C26H55N2O6+. The minimum Gasteiger partial charge on any atom is -0.466 e. The van der Waals surface area contributed by atoms with Gasteiger partial charge in [-0.3, -0.25) is 14.1 Å². The summed E-state index contributed by atoms with van der Waals surface area (Å²) < 4.78 is 16.2. The average Bonchev–Trinajstić information content (AvgIpc) is 2.63. The quantitative estimate of drug-likeness (QED) is 0.248. The number of carbonyl (C=O) groups is 3. The number of hydrogen-bond acceptors (Lipinski definition) is 6. The number of hydrogen-bond donors (Lipinski definition) is 1. The molecule has 204 valence electrons. The zero-order valence-corrected chi connectivity index (χ0v) is 17.3. The largest absolute Gasteiger partial charge is 0.466 e. The SMILES string of the molecule is C.C.C.C.C.C.CCOC(=O)CCC(NC(=O)c1ccc(OC[N+](C)(C)C)cc1)C(=O)OCC. The van der Waals surface area contributed by atoms with E-state index in [4.69, 9.17) is 14.2 Å². The van der Waals surface area contributed by atoms with Gasteiger partial charge >= 0.3 is 11.9 Å². The lowest BCUT2D eigenvalue weighted by molar-refractivity contribution is -0.886. The number of benzene rings is 1. The van der Waals surface area contributed by atoms with Crippen LogP contribution in [-0.4, -0.2) is 69.5 Å². The van der Waals surface area contributed by atoms with Crippen molar-refractivity contribution in [3.05, 3.63) is 29.8 Å². The minimum absolute atomic E-state index is 0. The van der Waals surface area contributed by atoms with Crippen molar-refractivity contribution >= 4 is 17.8 Å². The maximum Gasteiger partial charge on any atom is 0.328 e. The third-order valence-electron chi connectivity index (χ3n) is 3.55. The highest BCUT2D eigenvalue weighted by molar-refractivity contribution is 5.97. The molecule has 0 bridgehead atoms. The predicted molar refractivity (Wildman–Crippen MR) is 144 cm³/mol. The molecule has 8 heteroatoms. The molecule has 0 fully saturated rings. The Labute approximate surface area is 210 Å². The van der Waals surface area contributed by atoms with Crippen LogP contribution in [0.3, 0.4) is 0 Å². The maximum atomic E-state index is 12.5. The van der Waals surface area contributed by atoms with Gasteiger partial charge in [-0.15, -0.1) is 0 Å². The maximum absolute atomic E-state index is 12.5. The van der Waals surface area contributed by atoms with Gasteiger partial charge < -0.3 is 19.5 Å². The van der Waals surface area contributed by atoms with Crippen LogP contribution in [-0.2, 0) is 19.1 Å². The fourth-order valence-electron chi connectivity index (χ4n) is 2.20. The molecular weight excluding hydrogens is 436 g/mol. The van der Waals surface area contributed by atoms with Crippen LogP contribution >= 0.6 is 0 Å².